The molecule has 1 heterocycles. The largest absolute Gasteiger partial charge is 0.399 e. The standard InChI is InChI=1S/C27H36N4O3/c1-16-8-9-20(30-24(32)17-10-18(27(5,6)7)12-19(28)11-17)13-21(16)22-14-23(34-31-22)25(33)29-15-26(2,3)4/h8-14,25,29,33H,15,28H2,1-7H3,(H,30,32). The Morgan fingerprint density at radius 3 is 2.44 bits per heavy atom. The number of nitrogen functional groups attached to an aromatic ring is 1. The van der Waals surface area contributed by atoms with Crippen molar-refractivity contribution in [3.8, 4) is 11.3 Å². The maximum absolute atomic E-state index is 13.0. The summed E-state index contributed by atoms with van der Waals surface area (Å²) in [5, 5.41) is 20.5. The van der Waals surface area contributed by atoms with Gasteiger partial charge < -0.3 is 20.7 Å². The predicted molar refractivity (Wildman–Crippen MR) is 137 cm³/mol. The first-order valence-corrected chi connectivity index (χ1v) is 11.4. The Balaban J connectivity index is 1.81. The van der Waals surface area contributed by atoms with Crippen molar-refractivity contribution in [3.63, 3.8) is 0 Å². The third-order valence-corrected chi connectivity index (χ3v) is 5.48. The van der Waals surface area contributed by atoms with Crippen LogP contribution in [0.15, 0.2) is 47.0 Å². The van der Waals surface area contributed by atoms with E-state index in [0.717, 1.165) is 16.7 Å². The minimum absolute atomic E-state index is 0.0179. The zero-order chi connectivity index (χ0) is 25.3. The van der Waals surface area contributed by atoms with Gasteiger partial charge in [-0.1, -0.05) is 52.8 Å². The molecule has 2 aromatic carbocycles. The molecule has 5 N–H and O–H groups in total. The summed E-state index contributed by atoms with van der Waals surface area (Å²) in [6, 6.07) is 12.8. The van der Waals surface area contributed by atoms with Crippen molar-refractivity contribution in [1.29, 1.82) is 0 Å². The summed E-state index contributed by atoms with van der Waals surface area (Å²) >= 11 is 0. The van der Waals surface area contributed by atoms with Gasteiger partial charge in [-0.05, 0) is 59.2 Å². The lowest BCUT2D eigenvalue weighted by atomic mass is 9.85. The van der Waals surface area contributed by atoms with E-state index in [4.69, 9.17) is 10.3 Å². The van der Waals surface area contributed by atoms with Crippen LogP contribution >= 0.6 is 0 Å². The van der Waals surface area contributed by atoms with Crippen molar-refractivity contribution >= 4 is 17.3 Å². The maximum Gasteiger partial charge on any atom is 0.255 e. The van der Waals surface area contributed by atoms with E-state index in [1.54, 1.807) is 12.1 Å². The van der Waals surface area contributed by atoms with Gasteiger partial charge in [0.05, 0.1) is 0 Å². The molecule has 3 rings (SSSR count). The smallest absolute Gasteiger partial charge is 0.255 e. The number of anilines is 2. The molecule has 0 aliphatic rings. The van der Waals surface area contributed by atoms with E-state index >= 15 is 0 Å². The number of aryl methyl sites for hydroxylation is 1. The van der Waals surface area contributed by atoms with Gasteiger partial charge in [0.25, 0.3) is 5.91 Å². The lowest BCUT2D eigenvalue weighted by Gasteiger charge is -2.20. The molecule has 0 aliphatic carbocycles. The molecule has 0 saturated heterocycles. The Labute approximate surface area is 201 Å². The van der Waals surface area contributed by atoms with Gasteiger partial charge in [0, 0.05) is 35.1 Å². The number of carbonyl (C=O) groups is 1. The molecular weight excluding hydrogens is 428 g/mol. The van der Waals surface area contributed by atoms with Crippen LogP contribution in [0.1, 0.15) is 75.0 Å². The van der Waals surface area contributed by atoms with Crippen LogP contribution in [0.4, 0.5) is 11.4 Å². The van der Waals surface area contributed by atoms with Gasteiger partial charge in [-0.25, -0.2) is 0 Å². The summed E-state index contributed by atoms with van der Waals surface area (Å²) in [4.78, 5) is 13.0. The summed E-state index contributed by atoms with van der Waals surface area (Å²) in [5.41, 5.74) is 11.0. The fraction of sp³-hybridized carbons (Fsp3) is 0.407. The second kappa shape index (κ2) is 9.60. The maximum atomic E-state index is 13.0. The van der Waals surface area contributed by atoms with E-state index < -0.39 is 6.23 Å². The van der Waals surface area contributed by atoms with Crippen molar-refractivity contribution < 1.29 is 14.4 Å². The lowest BCUT2D eigenvalue weighted by molar-refractivity contribution is 0.0947. The van der Waals surface area contributed by atoms with Crippen molar-refractivity contribution in [3.05, 3.63) is 64.9 Å². The summed E-state index contributed by atoms with van der Waals surface area (Å²) in [6.07, 6.45) is -0.954. The van der Waals surface area contributed by atoms with E-state index in [2.05, 4.69) is 57.3 Å². The van der Waals surface area contributed by atoms with Gasteiger partial charge >= 0.3 is 0 Å². The van der Waals surface area contributed by atoms with Crippen LogP contribution in [0.3, 0.4) is 0 Å². The van der Waals surface area contributed by atoms with Crippen molar-refractivity contribution in [2.24, 2.45) is 5.41 Å². The fourth-order valence-electron chi connectivity index (χ4n) is 3.44. The number of nitrogens with zero attached hydrogens (tertiary/aromatic N) is 1. The second-order valence-corrected chi connectivity index (χ2v) is 11.0. The molecule has 0 saturated carbocycles. The quantitative estimate of drug-likeness (QED) is 0.287. The molecule has 1 atom stereocenters. The highest BCUT2D eigenvalue weighted by Gasteiger charge is 2.20. The topological polar surface area (TPSA) is 113 Å². The van der Waals surface area contributed by atoms with E-state index in [-0.39, 0.29) is 16.7 Å². The highest BCUT2D eigenvalue weighted by atomic mass is 16.5. The van der Waals surface area contributed by atoms with Gasteiger partial charge in [-0.15, -0.1) is 0 Å². The molecule has 34 heavy (non-hydrogen) atoms. The van der Waals surface area contributed by atoms with Crippen molar-refractivity contribution in [2.75, 3.05) is 17.6 Å². The van der Waals surface area contributed by atoms with Crippen molar-refractivity contribution in [2.45, 2.75) is 60.1 Å². The number of benzene rings is 2. The first-order valence-electron chi connectivity index (χ1n) is 11.4. The molecule has 182 valence electrons. The highest BCUT2D eigenvalue weighted by Crippen LogP contribution is 2.29. The summed E-state index contributed by atoms with van der Waals surface area (Å²) < 4.78 is 5.39. The van der Waals surface area contributed by atoms with Gasteiger partial charge in [0.1, 0.15) is 5.69 Å². The van der Waals surface area contributed by atoms with Crippen LogP contribution in [0.2, 0.25) is 0 Å². The minimum Gasteiger partial charge on any atom is -0.399 e. The zero-order valence-electron chi connectivity index (χ0n) is 21.1. The average molecular weight is 465 g/mol. The third-order valence-electron chi connectivity index (χ3n) is 5.48. The van der Waals surface area contributed by atoms with E-state index in [1.807, 2.05) is 37.3 Å². The molecule has 7 heteroatoms. The first kappa shape index (κ1) is 25.5. The molecule has 0 spiro atoms. The fourth-order valence-corrected chi connectivity index (χ4v) is 3.44. The minimum atomic E-state index is -0.954. The summed E-state index contributed by atoms with van der Waals surface area (Å²) in [5.74, 6) is 0.0952. The molecule has 1 aromatic heterocycles. The molecule has 0 radical (unpaired) electrons. The van der Waals surface area contributed by atoms with Gasteiger partial charge in [-0.3, -0.25) is 10.1 Å². The lowest BCUT2D eigenvalue weighted by Crippen LogP contribution is -2.30. The summed E-state index contributed by atoms with van der Waals surface area (Å²) in [6.45, 7) is 15.1. The van der Waals surface area contributed by atoms with Crippen LogP contribution in [0.5, 0.6) is 0 Å². The van der Waals surface area contributed by atoms with Crippen LogP contribution in [-0.4, -0.2) is 22.7 Å². The number of nitrogens with one attached hydrogen (secondary N) is 2. The molecular formula is C27H36N4O3. The van der Waals surface area contributed by atoms with Crippen LogP contribution in [0.25, 0.3) is 11.3 Å². The Morgan fingerprint density at radius 1 is 1.09 bits per heavy atom. The number of hydrogen-bond acceptors (Lipinski definition) is 6. The van der Waals surface area contributed by atoms with Gasteiger partial charge in [0.15, 0.2) is 12.0 Å². The first-order chi connectivity index (χ1) is 15.7. The number of aliphatic hydroxyl groups is 1. The van der Waals surface area contributed by atoms with Gasteiger partial charge in [0.2, 0.25) is 0 Å². The van der Waals surface area contributed by atoms with Gasteiger partial charge in [-0.2, -0.15) is 0 Å². The molecule has 3 aromatic rings. The molecule has 0 bridgehead atoms. The Kier molecular flexibility index (Phi) is 7.19. The molecule has 0 fully saturated rings. The predicted octanol–water partition coefficient (Wildman–Crippen LogP) is 5.41. The number of hydrogen-bond donors (Lipinski definition) is 4. The number of carbonyl (C=O) groups excluding carboxylic acids is 1. The zero-order valence-corrected chi connectivity index (χ0v) is 21.1. The molecule has 1 amide bonds. The average Bonchev–Trinajstić information content (AvgIpc) is 3.22. The summed E-state index contributed by atoms with van der Waals surface area (Å²) in [7, 11) is 0. The normalized spacial score (nSPS) is 13.1. The van der Waals surface area contributed by atoms with Crippen LogP contribution < -0.4 is 16.4 Å². The van der Waals surface area contributed by atoms with Crippen molar-refractivity contribution in [1.82, 2.24) is 10.5 Å². The van der Waals surface area contributed by atoms with E-state index in [0.29, 0.717) is 34.9 Å². The third kappa shape index (κ3) is 6.46. The SMILES string of the molecule is Cc1ccc(NC(=O)c2cc(N)cc(C(C)(C)C)c2)cc1-c1cc(C(O)NCC(C)(C)C)on1. The van der Waals surface area contributed by atoms with Crippen LogP contribution in [0, 0.1) is 12.3 Å². The number of rotatable bonds is 6. The molecule has 0 aliphatic heterocycles. The molecule has 1 unspecified atom stereocenters. The Morgan fingerprint density at radius 2 is 1.79 bits per heavy atom. The van der Waals surface area contributed by atoms with E-state index in [9.17, 15) is 9.90 Å². The Hall–Kier alpha value is -3.16. The van der Waals surface area contributed by atoms with Crippen LogP contribution in [-0.2, 0) is 5.41 Å². The monoisotopic (exact) mass is 464 g/mol. The van der Waals surface area contributed by atoms with E-state index in [1.165, 1.54) is 0 Å². The Bertz CT molecular complexity index is 1170. The second-order valence-electron chi connectivity index (χ2n) is 11.0. The number of aliphatic hydroxyl groups excluding tert-OH is 1. The number of nitrogens with two attached hydrogens (primary N) is 1. The molecule has 7 nitrogen and oxygen atoms in total. The highest BCUT2D eigenvalue weighted by molar-refractivity contribution is 6.05. The number of amides is 1. The number of aromatic nitrogens is 1.